The monoisotopic (exact) mass is 359 g/mol. The third-order valence-electron chi connectivity index (χ3n) is 3.74. The lowest BCUT2D eigenvalue weighted by molar-refractivity contribution is -0.122. The first-order valence-corrected chi connectivity index (χ1v) is 8.98. The van der Waals surface area contributed by atoms with Crippen LogP contribution in [0.2, 0.25) is 0 Å². The van der Waals surface area contributed by atoms with Gasteiger partial charge in [-0.05, 0) is 30.4 Å². The summed E-state index contributed by atoms with van der Waals surface area (Å²) in [5.41, 5.74) is 0.276. The van der Waals surface area contributed by atoms with Gasteiger partial charge in [0.15, 0.2) is 0 Å². The standard InChI is InChI=1S/C14H19NO5S.CH2O2/c1-9-4-11(9)8-20-13-6-10(14(16)17)5-12(7-13)15(2)21(3,18)19;2-1-3/h5-7,9,11H,4,8H2,1-3H3,(H,16,17);1H,(H,2,3). The zero-order valence-electron chi connectivity index (χ0n) is 13.7. The fourth-order valence-electron chi connectivity index (χ4n) is 2.00. The summed E-state index contributed by atoms with van der Waals surface area (Å²) < 4.78 is 29.8. The van der Waals surface area contributed by atoms with Crippen molar-refractivity contribution in [3.8, 4) is 5.75 Å². The molecule has 0 amide bonds. The Morgan fingerprint density at radius 1 is 1.42 bits per heavy atom. The Bertz CT molecular complexity index is 702. The highest BCUT2D eigenvalue weighted by molar-refractivity contribution is 7.92. The first-order valence-electron chi connectivity index (χ1n) is 7.13. The van der Waals surface area contributed by atoms with Gasteiger partial charge in [0.25, 0.3) is 6.47 Å². The van der Waals surface area contributed by atoms with E-state index >= 15 is 0 Å². The van der Waals surface area contributed by atoms with Gasteiger partial charge in [-0.1, -0.05) is 6.92 Å². The molecule has 0 heterocycles. The molecule has 1 aromatic rings. The molecule has 8 nitrogen and oxygen atoms in total. The van der Waals surface area contributed by atoms with Gasteiger partial charge in [-0.25, -0.2) is 13.2 Å². The number of carboxylic acid groups (broad SMARTS) is 2. The topological polar surface area (TPSA) is 121 Å². The number of carboxylic acids is 1. The first-order chi connectivity index (χ1) is 11.1. The highest BCUT2D eigenvalue weighted by Gasteiger charge is 2.33. The molecule has 1 fully saturated rings. The Morgan fingerprint density at radius 3 is 2.38 bits per heavy atom. The summed E-state index contributed by atoms with van der Waals surface area (Å²) in [7, 11) is -2.08. The molecular weight excluding hydrogens is 338 g/mol. The van der Waals surface area contributed by atoms with Gasteiger partial charge in [0.2, 0.25) is 10.0 Å². The number of hydrogen-bond acceptors (Lipinski definition) is 5. The predicted molar refractivity (Wildman–Crippen MR) is 88.1 cm³/mol. The zero-order valence-corrected chi connectivity index (χ0v) is 14.5. The highest BCUT2D eigenvalue weighted by atomic mass is 32.2. The largest absolute Gasteiger partial charge is 0.493 e. The summed E-state index contributed by atoms with van der Waals surface area (Å²) in [5, 5.41) is 16.0. The van der Waals surface area contributed by atoms with E-state index in [1.807, 2.05) is 0 Å². The van der Waals surface area contributed by atoms with E-state index in [-0.39, 0.29) is 17.7 Å². The molecule has 0 saturated heterocycles. The van der Waals surface area contributed by atoms with E-state index in [0.29, 0.717) is 24.2 Å². The number of nitrogens with zero attached hydrogens (tertiary/aromatic N) is 1. The molecule has 2 unspecified atom stereocenters. The summed E-state index contributed by atoms with van der Waals surface area (Å²) in [6.45, 7) is 2.40. The van der Waals surface area contributed by atoms with Crippen LogP contribution >= 0.6 is 0 Å². The Hall–Kier alpha value is -2.29. The molecule has 0 aromatic heterocycles. The normalized spacial score (nSPS) is 18.8. The van der Waals surface area contributed by atoms with Crippen molar-refractivity contribution in [1.82, 2.24) is 0 Å². The van der Waals surface area contributed by atoms with Crippen LogP contribution in [0.4, 0.5) is 5.69 Å². The molecule has 1 aliphatic rings. The van der Waals surface area contributed by atoms with Gasteiger partial charge >= 0.3 is 5.97 Å². The van der Waals surface area contributed by atoms with Crippen LogP contribution in [0.15, 0.2) is 18.2 Å². The van der Waals surface area contributed by atoms with Crippen LogP contribution in [0.5, 0.6) is 5.75 Å². The van der Waals surface area contributed by atoms with Gasteiger partial charge in [0.1, 0.15) is 5.75 Å². The second-order valence-electron chi connectivity index (χ2n) is 5.64. The molecule has 134 valence electrons. The Kier molecular flexibility index (Phi) is 6.59. The van der Waals surface area contributed by atoms with Crippen LogP contribution in [0.25, 0.3) is 0 Å². The van der Waals surface area contributed by atoms with Crippen molar-refractivity contribution < 1.29 is 33.0 Å². The van der Waals surface area contributed by atoms with E-state index in [2.05, 4.69) is 6.92 Å². The fourth-order valence-corrected chi connectivity index (χ4v) is 2.49. The number of aromatic carboxylic acids is 1. The zero-order chi connectivity index (χ0) is 18.5. The summed E-state index contributed by atoms with van der Waals surface area (Å²) in [4.78, 5) is 19.5. The van der Waals surface area contributed by atoms with Gasteiger partial charge in [0, 0.05) is 13.1 Å². The Morgan fingerprint density at radius 2 is 1.96 bits per heavy atom. The van der Waals surface area contributed by atoms with Crippen molar-refractivity contribution in [2.24, 2.45) is 11.8 Å². The molecule has 9 heteroatoms. The van der Waals surface area contributed by atoms with Gasteiger partial charge in [-0.15, -0.1) is 0 Å². The molecule has 0 bridgehead atoms. The lowest BCUT2D eigenvalue weighted by Gasteiger charge is -2.18. The molecule has 2 atom stereocenters. The molecule has 1 aliphatic carbocycles. The minimum Gasteiger partial charge on any atom is -0.493 e. The smallest absolute Gasteiger partial charge is 0.335 e. The van der Waals surface area contributed by atoms with Gasteiger partial charge in [-0.2, -0.15) is 0 Å². The quantitative estimate of drug-likeness (QED) is 0.738. The summed E-state index contributed by atoms with van der Waals surface area (Å²) >= 11 is 0. The molecule has 1 saturated carbocycles. The van der Waals surface area contributed by atoms with Crippen molar-refractivity contribution in [2.75, 3.05) is 24.2 Å². The van der Waals surface area contributed by atoms with Gasteiger partial charge < -0.3 is 14.9 Å². The average molecular weight is 359 g/mol. The van der Waals surface area contributed by atoms with E-state index in [9.17, 15) is 13.2 Å². The predicted octanol–water partition coefficient (Wildman–Crippen LogP) is 1.52. The van der Waals surface area contributed by atoms with E-state index in [1.165, 1.54) is 19.2 Å². The molecular formula is C15H21NO7S. The van der Waals surface area contributed by atoms with Crippen LogP contribution < -0.4 is 9.04 Å². The van der Waals surface area contributed by atoms with Gasteiger partial charge in [-0.3, -0.25) is 9.10 Å². The molecule has 0 spiro atoms. The summed E-state index contributed by atoms with van der Waals surface area (Å²) in [6.07, 6.45) is 2.17. The summed E-state index contributed by atoms with van der Waals surface area (Å²) in [5.74, 6) is 0.378. The number of carbonyl (C=O) groups is 2. The minimum atomic E-state index is -3.46. The fraction of sp³-hybridized carbons (Fsp3) is 0.467. The summed E-state index contributed by atoms with van der Waals surface area (Å²) in [6, 6.07) is 4.27. The Labute approximate surface area is 140 Å². The second kappa shape index (κ2) is 8.00. The van der Waals surface area contributed by atoms with Crippen molar-refractivity contribution in [3.05, 3.63) is 23.8 Å². The number of ether oxygens (including phenoxy) is 1. The van der Waals surface area contributed by atoms with Gasteiger partial charge in [0.05, 0.1) is 24.1 Å². The van der Waals surface area contributed by atoms with E-state index in [1.54, 1.807) is 6.07 Å². The first kappa shape index (κ1) is 19.8. The molecule has 24 heavy (non-hydrogen) atoms. The third-order valence-corrected chi connectivity index (χ3v) is 4.95. The maximum atomic E-state index is 11.6. The van der Waals surface area contributed by atoms with E-state index in [0.717, 1.165) is 17.0 Å². The van der Waals surface area contributed by atoms with Crippen molar-refractivity contribution in [2.45, 2.75) is 13.3 Å². The number of rotatable bonds is 6. The average Bonchev–Trinajstić information content (AvgIpc) is 3.19. The molecule has 2 rings (SSSR count). The number of hydrogen-bond donors (Lipinski definition) is 2. The van der Waals surface area contributed by atoms with Crippen molar-refractivity contribution in [3.63, 3.8) is 0 Å². The van der Waals surface area contributed by atoms with Crippen molar-refractivity contribution in [1.29, 1.82) is 0 Å². The van der Waals surface area contributed by atoms with Crippen LogP contribution in [0.3, 0.4) is 0 Å². The van der Waals surface area contributed by atoms with Crippen LogP contribution in [0, 0.1) is 11.8 Å². The van der Waals surface area contributed by atoms with Crippen molar-refractivity contribution >= 4 is 28.2 Å². The number of benzene rings is 1. The Balaban J connectivity index is 0.000000891. The third kappa shape index (κ3) is 5.73. The molecule has 0 aliphatic heterocycles. The lowest BCUT2D eigenvalue weighted by atomic mass is 10.2. The van der Waals surface area contributed by atoms with Crippen LogP contribution in [-0.2, 0) is 14.8 Å². The number of anilines is 1. The SMILES string of the molecule is CC1CC1COc1cc(C(=O)O)cc(N(C)S(C)(=O)=O)c1.O=CO. The lowest BCUT2D eigenvalue weighted by Crippen LogP contribution is -2.25. The van der Waals surface area contributed by atoms with Crippen LogP contribution in [-0.4, -0.2) is 51.0 Å². The minimum absolute atomic E-state index is 0.00171. The molecule has 0 radical (unpaired) electrons. The van der Waals surface area contributed by atoms with Crippen LogP contribution in [0.1, 0.15) is 23.7 Å². The van der Waals surface area contributed by atoms with E-state index in [4.69, 9.17) is 19.7 Å². The number of sulfonamides is 1. The molecule has 2 N–H and O–H groups in total. The maximum Gasteiger partial charge on any atom is 0.335 e. The highest BCUT2D eigenvalue weighted by Crippen LogP contribution is 2.38. The second-order valence-corrected chi connectivity index (χ2v) is 7.65. The molecule has 1 aromatic carbocycles. The van der Waals surface area contributed by atoms with E-state index < -0.39 is 16.0 Å². The maximum absolute atomic E-state index is 11.6.